The van der Waals surface area contributed by atoms with Crippen LogP contribution in [0, 0.1) is 0 Å². The lowest BCUT2D eigenvalue weighted by molar-refractivity contribution is -0.139. The standard InChI is InChI=1S/C39H47NO7Si/c1-38(2,3)47-37(43)40-32(36(41)42)23-27-19-21-29(22-20-27)35-33(44-7)24-28(25-34(35)45-8)26-46-48(39(4,5)6,30-15-11-9-12-16-30)31-17-13-10-14-18-31/h9-22,24-25,32H,23,26H2,1-8H3,(H,40,43)(H,41,42)/t32-/m0/s1. The first-order chi connectivity index (χ1) is 22.7. The van der Waals surface area contributed by atoms with Gasteiger partial charge in [-0.1, -0.05) is 106 Å². The Bertz CT molecular complexity index is 1610. The van der Waals surface area contributed by atoms with Crippen molar-refractivity contribution in [2.24, 2.45) is 0 Å². The maximum Gasteiger partial charge on any atom is 0.408 e. The van der Waals surface area contributed by atoms with E-state index in [-0.39, 0.29) is 11.5 Å². The van der Waals surface area contributed by atoms with Gasteiger partial charge in [-0.3, -0.25) is 0 Å². The molecule has 0 bridgehead atoms. The average Bonchev–Trinajstić information content (AvgIpc) is 3.04. The Morgan fingerprint density at radius 1 is 0.750 bits per heavy atom. The topological polar surface area (TPSA) is 103 Å². The number of carboxylic acids is 1. The molecule has 0 aliphatic heterocycles. The number of rotatable bonds is 12. The molecule has 4 aromatic carbocycles. The van der Waals surface area contributed by atoms with Gasteiger partial charge in [0.25, 0.3) is 8.32 Å². The SMILES string of the molecule is COc1cc(CO[Si](c2ccccc2)(c2ccccc2)C(C)(C)C)cc(OC)c1-c1ccc(C[C@H](NC(=O)OC(C)(C)C)C(=O)O)cc1. The van der Waals surface area contributed by atoms with Crippen LogP contribution in [0.4, 0.5) is 4.79 Å². The van der Waals surface area contributed by atoms with Crippen molar-refractivity contribution in [3.8, 4) is 22.6 Å². The van der Waals surface area contributed by atoms with Gasteiger partial charge in [-0.25, -0.2) is 9.59 Å². The second kappa shape index (κ2) is 15.1. The second-order valence-corrected chi connectivity index (χ2v) is 18.1. The number of nitrogens with one attached hydrogen (secondary N) is 1. The zero-order chi connectivity index (χ0) is 35.1. The Labute approximate surface area is 285 Å². The summed E-state index contributed by atoms with van der Waals surface area (Å²) >= 11 is 0. The number of aliphatic carboxylic acids is 1. The van der Waals surface area contributed by atoms with E-state index < -0.39 is 32.0 Å². The molecule has 48 heavy (non-hydrogen) atoms. The fraction of sp³-hybridized carbons (Fsp3) is 0.333. The highest BCUT2D eigenvalue weighted by Crippen LogP contribution is 2.41. The first-order valence-corrected chi connectivity index (χ1v) is 17.9. The normalized spacial score (nSPS) is 12.6. The minimum Gasteiger partial charge on any atom is -0.496 e. The third kappa shape index (κ3) is 8.45. The molecule has 2 N–H and O–H groups in total. The van der Waals surface area contributed by atoms with Crippen LogP contribution in [0.15, 0.2) is 97.1 Å². The van der Waals surface area contributed by atoms with Crippen LogP contribution in [-0.4, -0.2) is 51.3 Å². The van der Waals surface area contributed by atoms with E-state index in [1.807, 2.05) is 48.5 Å². The van der Waals surface area contributed by atoms with E-state index in [0.717, 1.165) is 22.3 Å². The van der Waals surface area contributed by atoms with Gasteiger partial charge in [-0.2, -0.15) is 0 Å². The van der Waals surface area contributed by atoms with Crippen LogP contribution in [0.3, 0.4) is 0 Å². The number of alkyl carbamates (subject to hydrolysis) is 1. The summed E-state index contributed by atoms with van der Waals surface area (Å²) in [5, 5.41) is 14.4. The highest BCUT2D eigenvalue weighted by Gasteiger charge is 2.50. The molecule has 0 heterocycles. The molecule has 1 amide bonds. The number of hydrogen-bond acceptors (Lipinski definition) is 6. The van der Waals surface area contributed by atoms with E-state index in [0.29, 0.717) is 18.1 Å². The highest BCUT2D eigenvalue weighted by molar-refractivity contribution is 6.99. The molecule has 0 aromatic heterocycles. The number of carbonyl (C=O) groups excluding carboxylic acids is 1. The summed E-state index contributed by atoms with van der Waals surface area (Å²) < 4.78 is 24.2. The summed E-state index contributed by atoms with van der Waals surface area (Å²) in [6, 6.07) is 31.3. The average molecular weight is 670 g/mol. The molecule has 0 saturated carbocycles. The smallest absolute Gasteiger partial charge is 0.408 e. The van der Waals surface area contributed by atoms with Crippen molar-refractivity contribution in [3.05, 3.63) is 108 Å². The van der Waals surface area contributed by atoms with Gasteiger partial charge < -0.3 is 29.1 Å². The molecule has 0 fully saturated rings. The lowest BCUT2D eigenvalue weighted by Gasteiger charge is -2.43. The van der Waals surface area contributed by atoms with Gasteiger partial charge in [0.1, 0.15) is 23.1 Å². The van der Waals surface area contributed by atoms with Crippen molar-refractivity contribution in [1.29, 1.82) is 0 Å². The van der Waals surface area contributed by atoms with E-state index >= 15 is 0 Å². The zero-order valence-corrected chi connectivity index (χ0v) is 30.1. The Morgan fingerprint density at radius 2 is 1.25 bits per heavy atom. The summed E-state index contributed by atoms with van der Waals surface area (Å²) in [6.45, 7) is 12.3. The summed E-state index contributed by atoms with van der Waals surface area (Å²) in [6.07, 6.45) is -0.693. The number of carboxylic acid groups (broad SMARTS) is 1. The van der Waals surface area contributed by atoms with Gasteiger partial charge in [0.15, 0.2) is 0 Å². The lowest BCUT2D eigenvalue weighted by atomic mass is 9.98. The number of ether oxygens (including phenoxy) is 3. The molecule has 254 valence electrons. The minimum absolute atomic E-state index is 0.0850. The molecule has 4 aromatic rings. The van der Waals surface area contributed by atoms with E-state index in [1.54, 1.807) is 35.0 Å². The summed E-state index contributed by atoms with van der Waals surface area (Å²) in [4.78, 5) is 24.1. The second-order valence-electron chi connectivity index (χ2n) is 13.8. The summed E-state index contributed by atoms with van der Waals surface area (Å²) in [7, 11) is 0.476. The van der Waals surface area contributed by atoms with Crippen molar-refractivity contribution < 1.29 is 33.3 Å². The maximum absolute atomic E-state index is 12.2. The minimum atomic E-state index is -2.77. The van der Waals surface area contributed by atoms with Gasteiger partial charge in [-0.05, 0) is 65.0 Å². The Hall–Kier alpha value is -4.60. The van der Waals surface area contributed by atoms with Gasteiger partial charge in [0.2, 0.25) is 0 Å². The third-order valence-electron chi connectivity index (χ3n) is 8.11. The van der Waals surface area contributed by atoms with Crippen LogP contribution >= 0.6 is 0 Å². The zero-order valence-electron chi connectivity index (χ0n) is 29.1. The van der Waals surface area contributed by atoms with Crippen LogP contribution in [0.25, 0.3) is 11.1 Å². The van der Waals surface area contributed by atoms with Crippen molar-refractivity contribution >= 4 is 30.8 Å². The van der Waals surface area contributed by atoms with Crippen LogP contribution in [0.2, 0.25) is 5.04 Å². The van der Waals surface area contributed by atoms with E-state index in [9.17, 15) is 14.7 Å². The molecule has 8 nitrogen and oxygen atoms in total. The van der Waals surface area contributed by atoms with Crippen molar-refractivity contribution in [2.45, 2.75) is 71.3 Å². The molecular weight excluding hydrogens is 623 g/mol. The molecule has 0 aliphatic rings. The Morgan fingerprint density at radius 3 is 1.67 bits per heavy atom. The van der Waals surface area contributed by atoms with Crippen LogP contribution in [0.5, 0.6) is 11.5 Å². The maximum atomic E-state index is 12.2. The van der Waals surface area contributed by atoms with Crippen LogP contribution in [-0.2, 0) is 27.0 Å². The van der Waals surface area contributed by atoms with E-state index in [2.05, 4.69) is 74.6 Å². The molecule has 0 aliphatic carbocycles. The molecule has 0 spiro atoms. The van der Waals surface area contributed by atoms with Crippen LogP contribution < -0.4 is 25.2 Å². The third-order valence-corrected chi connectivity index (χ3v) is 13.1. The Balaban J connectivity index is 1.64. The quantitative estimate of drug-likeness (QED) is 0.157. The summed E-state index contributed by atoms with van der Waals surface area (Å²) in [5.74, 6) is 0.0976. The number of methoxy groups -OCH3 is 2. The molecule has 9 heteroatoms. The predicted octanol–water partition coefficient (Wildman–Crippen LogP) is 6.97. The fourth-order valence-electron chi connectivity index (χ4n) is 5.98. The molecule has 0 radical (unpaired) electrons. The molecule has 4 rings (SSSR count). The van der Waals surface area contributed by atoms with Crippen LogP contribution in [0.1, 0.15) is 52.7 Å². The summed E-state index contributed by atoms with van der Waals surface area (Å²) in [5.41, 5.74) is 2.50. The number of hydrogen-bond donors (Lipinski definition) is 2. The molecule has 0 unspecified atom stereocenters. The Kier molecular flexibility index (Phi) is 11.4. The number of carbonyl (C=O) groups is 2. The fourth-order valence-corrected chi connectivity index (χ4v) is 10.5. The predicted molar refractivity (Wildman–Crippen MR) is 192 cm³/mol. The van der Waals surface area contributed by atoms with E-state index in [1.165, 1.54) is 10.4 Å². The van der Waals surface area contributed by atoms with Gasteiger partial charge >= 0.3 is 12.1 Å². The molecule has 1 atom stereocenters. The van der Waals surface area contributed by atoms with Gasteiger partial charge in [0.05, 0.1) is 26.4 Å². The number of benzene rings is 4. The molecule has 0 saturated heterocycles. The number of amides is 1. The lowest BCUT2D eigenvalue weighted by Crippen LogP contribution is -2.66. The monoisotopic (exact) mass is 669 g/mol. The largest absolute Gasteiger partial charge is 0.496 e. The van der Waals surface area contributed by atoms with E-state index in [4.69, 9.17) is 18.6 Å². The van der Waals surface area contributed by atoms with Crippen molar-refractivity contribution in [2.75, 3.05) is 14.2 Å². The first-order valence-electron chi connectivity index (χ1n) is 16.0. The van der Waals surface area contributed by atoms with Crippen molar-refractivity contribution in [3.63, 3.8) is 0 Å². The molecular formula is C39H47NO7Si. The van der Waals surface area contributed by atoms with Gasteiger partial charge in [0, 0.05) is 6.42 Å². The van der Waals surface area contributed by atoms with Gasteiger partial charge in [-0.15, -0.1) is 0 Å². The highest BCUT2D eigenvalue weighted by atomic mass is 28.4. The first kappa shape index (κ1) is 36.2. The van der Waals surface area contributed by atoms with Crippen molar-refractivity contribution in [1.82, 2.24) is 5.32 Å².